The molecule has 0 radical (unpaired) electrons. The van der Waals surface area contributed by atoms with Crippen molar-refractivity contribution in [3.05, 3.63) is 90.9 Å². The molecule has 0 aliphatic carbocycles. The van der Waals surface area contributed by atoms with Crippen LogP contribution < -0.4 is 10.1 Å². The lowest BCUT2D eigenvalue weighted by molar-refractivity contribution is -0.115. The Kier molecular flexibility index (Phi) is 4.35. The van der Waals surface area contributed by atoms with Gasteiger partial charge >= 0.3 is 0 Å². The predicted octanol–water partition coefficient (Wildman–Crippen LogP) is 4.31. The molecule has 0 aliphatic rings. The number of carbonyl (C=O) groups excluding carboxylic acids is 1. The number of carbonyl (C=O) groups is 1. The molecule has 0 spiro atoms. The van der Waals surface area contributed by atoms with Gasteiger partial charge in [0.15, 0.2) is 5.75 Å². The van der Waals surface area contributed by atoms with Crippen molar-refractivity contribution in [3.63, 3.8) is 0 Å². The van der Waals surface area contributed by atoms with Crippen molar-refractivity contribution in [1.82, 2.24) is 9.38 Å². The van der Waals surface area contributed by atoms with E-state index in [4.69, 9.17) is 4.74 Å². The van der Waals surface area contributed by atoms with Crippen LogP contribution in [-0.4, -0.2) is 15.3 Å². The number of aromatic nitrogens is 2. The lowest BCUT2D eigenvalue weighted by Crippen LogP contribution is -2.15. The van der Waals surface area contributed by atoms with Gasteiger partial charge in [-0.3, -0.25) is 4.79 Å². The summed E-state index contributed by atoms with van der Waals surface area (Å²) in [7, 11) is 0. The Morgan fingerprint density at radius 2 is 1.73 bits per heavy atom. The van der Waals surface area contributed by atoms with E-state index in [0.29, 0.717) is 11.4 Å². The van der Waals surface area contributed by atoms with Crippen LogP contribution in [-0.2, 0) is 11.2 Å². The van der Waals surface area contributed by atoms with Crippen LogP contribution in [0, 0.1) is 0 Å². The summed E-state index contributed by atoms with van der Waals surface area (Å²) in [6.45, 7) is 0. The third-order valence-corrected chi connectivity index (χ3v) is 3.89. The van der Waals surface area contributed by atoms with Gasteiger partial charge in [0.2, 0.25) is 5.91 Å². The smallest absolute Gasteiger partial charge is 0.230 e. The Hall–Kier alpha value is -3.60. The summed E-state index contributed by atoms with van der Waals surface area (Å²) in [4.78, 5) is 16.9. The van der Waals surface area contributed by atoms with Crippen LogP contribution in [0.25, 0.3) is 5.65 Å². The zero-order valence-corrected chi connectivity index (χ0v) is 14.0. The van der Waals surface area contributed by atoms with Crippen molar-refractivity contribution in [2.75, 3.05) is 5.32 Å². The number of pyridine rings is 1. The van der Waals surface area contributed by atoms with E-state index in [0.717, 1.165) is 17.1 Å². The molecule has 1 amide bonds. The number of benzene rings is 2. The molecule has 0 unspecified atom stereocenters. The highest BCUT2D eigenvalue weighted by Gasteiger charge is 2.11. The Balaban J connectivity index is 1.49. The first kappa shape index (κ1) is 15.9. The van der Waals surface area contributed by atoms with Crippen LogP contribution in [0.2, 0.25) is 0 Å². The average Bonchev–Trinajstić information content (AvgIpc) is 3.06. The van der Waals surface area contributed by atoms with Crippen molar-refractivity contribution in [2.45, 2.75) is 6.42 Å². The van der Waals surface area contributed by atoms with Crippen molar-refractivity contribution < 1.29 is 9.53 Å². The molecule has 5 nitrogen and oxygen atoms in total. The molecule has 0 bridgehead atoms. The number of amides is 1. The topological polar surface area (TPSA) is 55.6 Å². The molecule has 0 aliphatic heterocycles. The highest BCUT2D eigenvalue weighted by Crippen LogP contribution is 2.29. The fourth-order valence-corrected chi connectivity index (χ4v) is 2.71. The third-order valence-electron chi connectivity index (χ3n) is 3.89. The molecule has 0 fully saturated rings. The minimum atomic E-state index is -0.141. The van der Waals surface area contributed by atoms with Crippen LogP contribution in [0.4, 0.5) is 5.69 Å². The van der Waals surface area contributed by atoms with E-state index < -0.39 is 0 Å². The summed E-state index contributed by atoms with van der Waals surface area (Å²) in [5.41, 5.74) is 2.17. The first-order valence-corrected chi connectivity index (χ1v) is 8.32. The Labute approximate surface area is 150 Å². The average molecular weight is 343 g/mol. The number of para-hydroxylation sites is 3. The number of hydrogen-bond acceptors (Lipinski definition) is 3. The molecule has 0 atom stereocenters. The predicted molar refractivity (Wildman–Crippen MR) is 100 cm³/mol. The molecule has 0 saturated heterocycles. The number of imidazole rings is 1. The summed E-state index contributed by atoms with van der Waals surface area (Å²) in [5.74, 6) is 1.18. The summed E-state index contributed by atoms with van der Waals surface area (Å²) in [6.07, 6.45) is 3.97. The van der Waals surface area contributed by atoms with E-state index in [-0.39, 0.29) is 12.3 Å². The van der Waals surface area contributed by atoms with Crippen LogP contribution in [0.5, 0.6) is 11.5 Å². The molecule has 2 heterocycles. The summed E-state index contributed by atoms with van der Waals surface area (Å²) >= 11 is 0. The Bertz CT molecular complexity index is 1010. The number of rotatable bonds is 5. The quantitative estimate of drug-likeness (QED) is 0.587. The van der Waals surface area contributed by atoms with Gasteiger partial charge in [-0.05, 0) is 36.4 Å². The molecule has 2 aromatic carbocycles. The van der Waals surface area contributed by atoms with E-state index in [1.165, 1.54) is 0 Å². The first-order valence-electron chi connectivity index (χ1n) is 8.32. The normalized spacial score (nSPS) is 10.6. The van der Waals surface area contributed by atoms with Gasteiger partial charge in [-0.1, -0.05) is 36.4 Å². The Morgan fingerprint density at radius 1 is 0.962 bits per heavy atom. The van der Waals surface area contributed by atoms with Gasteiger partial charge in [0.05, 0.1) is 17.8 Å². The van der Waals surface area contributed by atoms with Crippen LogP contribution in [0.1, 0.15) is 5.69 Å². The van der Waals surface area contributed by atoms with E-state index >= 15 is 0 Å². The zero-order valence-electron chi connectivity index (χ0n) is 14.0. The number of nitrogens with zero attached hydrogens (tertiary/aromatic N) is 2. The van der Waals surface area contributed by atoms with E-state index in [2.05, 4.69) is 10.3 Å². The molecule has 128 valence electrons. The second-order valence-electron chi connectivity index (χ2n) is 5.83. The molecular formula is C21H17N3O2. The molecule has 1 N–H and O–H groups in total. The van der Waals surface area contributed by atoms with Gasteiger partial charge in [0.1, 0.15) is 11.4 Å². The third kappa shape index (κ3) is 3.57. The fraction of sp³-hybridized carbons (Fsp3) is 0.0476. The summed E-state index contributed by atoms with van der Waals surface area (Å²) in [6, 6.07) is 22.6. The highest BCUT2D eigenvalue weighted by molar-refractivity contribution is 5.93. The standard InChI is InChI=1S/C21H17N3O2/c25-21(14-16-15-24-13-7-6-12-20(24)22-16)23-18-10-4-5-11-19(18)26-17-8-2-1-3-9-17/h1-13,15H,14H2,(H,23,25). The molecule has 26 heavy (non-hydrogen) atoms. The van der Waals surface area contributed by atoms with Crippen LogP contribution in [0.15, 0.2) is 85.2 Å². The molecular weight excluding hydrogens is 326 g/mol. The van der Waals surface area contributed by atoms with Crippen molar-refractivity contribution in [1.29, 1.82) is 0 Å². The van der Waals surface area contributed by atoms with Gasteiger partial charge in [-0.15, -0.1) is 0 Å². The van der Waals surface area contributed by atoms with Crippen LogP contribution >= 0.6 is 0 Å². The van der Waals surface area contributed by atoms with Gasteiger partial charge in [0.25, 0.3) is 0 Å². The monoisotopic (exact) mass is 343 g/mol. The zero-order chi connectivity index (χ0) is 17.8. The maximum atomic E-state index is 12.4. The largest absolute Gasteiger partial charge is 0.455 e. The second kappa shape index (κ2) is 7.11. The Morgan fingerprint density at radius 3 is 2.58 bits per heavy atom. The highest BCUT2D eigenvalue weighted by atomic mass is 16.5. The molecule has 2 aromatic heterocycles. The lowest BCUT2D eigenvalue weighted by atomic mass is 10.2. The van der Waals surface area contributed by atoms with Crippen molar-refractivity contribution >= 4 is 17.2 Å². The minimum Gasteiger partial charge on any atom is -0.455 e. The SMILES string of the molecule is O=C(Cc1cn2ccccc2n1)Nc1ccccc1Oc1ccccc1. The minimum absolute atomic E-state index is 0.141. The lowest BCUT2D eigenvalue weighted by Gasteiger charge is -2.11. The molecule has 4 aromatic rings. The summed E-state index contributed by atoms with van der Waals surface area (Å²) < 4.78 is 7.77. The van der Waals surface area contributed by atoms with Crippen LogP contribution in [0.3, 0.4) is 0 Å². The molecule has 0 saturated carbocycles. The fourth-order valence-electron chi connectivity index (χ4n) is 2.71. The first-order chi connectivity index (χ1) is 12.8. The number of nitrogens with one attached hydrogen (secondary N) is 1. The van der Waals surface area contributed by atoms with Gasteiger partial charge in [-0.25, -0.2) is 4.98 Å². The van der Waals surface area contributed by atoms with Gasteiger partial charge in [0, 0.05) is 12.4 Å². The summed E-state index contributed by atoms with van der Waals surface area (Å²) in [5, 5.41) is 2.91. The van der Waals surface area contributed by atoms with Crippen molar-refractivity contribution in [3.8, 4) is 11.5 Å². The molecule has 5 heteroatoms. The van der Waals surface area contributed by atoms with E-state index in [1.54, 1.807) is 0 Å². The number of hydrogen-bond donors (Lipinski definition) is 1. The van der Waals surface area contributed by atoms with E-state index in [9.17, 15) is 4.79 Å². The van der Waals surface area contributed by atoms with Gasteiger partial charge in [-0.2, -0.15) is 0 Å². The maximum Gasteiger partial charge on any atom is 0.230 e. The van der Waals surface area contributed by atoms with Gasteiger partial charge < -0.3 is 14.5 Å². The van der Waals surface area contributed by atoms with Crippen molar-refractivity contribution in [2.24, 2.45) is 0 Å². The van der Waals surface area contributed by atoms with E-state index in [1.807, 2.05) is 89.6 Å². The maximum absolute atomic E-state index is 12.4. The molecule has 4 rings (SSSR count). The number of fused-ring (bicyclic) bond motifs is 1. The number of anilines is 1. The second-order valence-corrected chi connectivity index (χ2v) is 5.83. The number of ether oxygens (including phenoxy) is 1.